The Hall–Kier alpha value is -2.99. The summed E-state index contributed by atoms with van der Waals surface area (Å²) in [5.74, 6) is -0.437. The first-order chi connectivity index (χ1) is 13.5. The Bertz CT molecular complexity index is 949. The molecular formula is C22H24FN3O2. The van der Waals surface area contributed by atoms with Crippen molar-refractivity contribution in [1.82, 2.24) is 15.1 Å². The Labute approximate surface area is 164 Å². The van der Waals surface area contributed by atoms with Gasteiger partial charge in [-0.25, -0.2) is 9.07 Å². The van der Waals surface area contributed by atoms with Gasteiger partial charge in [0.15, 0.2) is 0 Å². The monoisotopic (exact) mass is 381 g/mol. The number of halogens is 1. The molecule has 0 aliphatic carbocycles. The molecule has 0 atom stereocenters. The van der Waals surface area contributed by atoms with Crippen LogP contribution in [-0.2, 0) is 17.9 Å². The molecule has 146 valence electrons. The van der Waals surface area contributed by atoms with E-state index in [1.165, 1.54) is 12.1 Å². The van der Waals surface area contributed by atoms with Crippen molar-refractivity contribution >= 4 is 5.91 Å². The van der Waals surface area contributed by atoms with Crippen LogP contribution in [0.3, 0.4) is 0 Å². The molecule has 0 spiro atoms. The van der Waals surface area contributed by atoms with Crippen LogP contribution in [0.5, 0.6) is 0 Å². The van der Waals surface area contributed by atoms with Gasteiger partial charge in [-0.1, -0.05) is 38.1 Å². The minimum atomic E-state index is -0.310. The second-order valence-electron chi connectivity index (χ2n) is 6.87. The molecule has 0 aliphatic rings. The number of methoxy groups -OCH3 is 1. The quantitative estimate of drug-likeness (QED) is 0.667. The topological polar surface area (TPSA) is 56.1 Å². The van der Waals surface area contributed by atoms with Crippen LogP contribution in [0.2, 0.25) is 0 Å². The fourth-order valence-electron chi connectivity index (χ4n) is 3.17. The van der Waals surface area contributed by atoms with Crippen LogP contribution < -0.4 is 5.32 Å². The van der Waals surface area contributed by atoms with Gasteiger partial charge in [-0.3, -0.25) is 4.79 Å². The fraction of sp³-hybridized carbons (Fsp3) is 0.273. The molecule has 0 fully saturated rings. The summed E-state index contributed by atoms with van der Waals surface area (Å²) in [6, 6.07) is 13.9. The van der Waals surface area contributed by atoms with Crippen LogP contribution in [-0.4, -0.2) is 22.8 Å². The van der Waals surface area contributed by atoms with Gasteiger partial charge in [0.2, 0.25) is 0 Å². The number of carbonyl (C=O) groups excluding carboxylic acids is 1. The first-order valence-electron chi connectivity index (χ1n) is 9.19. The zero-order valence-electron chi connectivity index (χ0n) is 16.3. The summed E-state index contributed by atoms with van der Waals surface area (Å²) in [5, 5.41) is 7.35. The lowest BCUT2D eigenvalue weighted by molar-refractivity contribution is 0.0949. The molecule has 0 radical (unpaired) electrons. The summed E-state index contributed by atoms with van der Waals surface area (Å²) in [4.78, 5) is 12.9. The van der Waals surface area contributed by atoms with Crippen LogP contribution in [0, 0.1) is 5.82 Å². The SMILES string of the molecule is COCc1ccccc1CNC(=O)c1cnn(-c2ccc(F)cc2)c1C(C)C. The molecule has 28 heavy (non-hydrogen) atoms. The van der Waals surface area contributed by atoms with Crippen molar-refractivity contribution in [3.05, 3.63) is 82.9 Å². The summed E-state index contributed by atoms with van der Waals surface area (Å²) >= 11 is 0. The zero-order valence-corrected chi connectivity index (χ0v) is 16.3. The van der Waals surface area contributed by atoms with E-state index >= 15 is 0 Å². The highest BCUT2D eigenvalue weighted by Gasteiger charge is 2.21. The Morgan fingerprint density at radius 1 is 1.14 bits per heavy atom. The molecular weight excluding hydrogens is 357 g/mol. The number of amides is 1. The maximum atomic E-state index is 13.2. The molecule has 3 rings (SSSR count). The maximum absolute atomic E-state index is 13.2. The van der Waals surface area contributed by atoms with E-state index in [2.05, 4.69) is 10.4 Å². The number of aromatic nitrogens is 2. The molecule has 1 heterocycles. The largest absolute Gasteiger partial charge is 0.380 e. The van der Waals surface area contributed by atoms with E-state index in [4.69, 9.17) is 4.74 Å². The predicted octanol–water partition coefficient (Wildman–Crippen LogP) is 4.21. The van der Waals surface area contributed by atoms with Crippen LogP contribution in [0.1, 0.15) is 46.9 Å². The van der Waals surface area contributed by atoms with Crippen molar-refractivity contribution in [2.75, 3.05) is 7.11 Å². The number of rotatable bonds is 7. The molecule has 1 amide bonds. The van der Waals surface area contributed by atoms with Crippen LogP contribution in [0.4, 0.5) is 4.39 Å². The van der Waals surface area contributed by atoms with Gasteiger partial charge in [0.25, 0.3) is 5.91 Å². The summed E-state index contributed by atoms with van der Waals surface area (Å²) < 4.78 is 20.2. The third-order valence-corrected chi connectivity index (χ3v) is 4.53. The second kappa shape index (κ2) is 8.80. The highest BCUT2D eigenvalue weighted by Crippen LogP contribution is 2.23. The maximum Gasteiger partial charge on any atom is 0.255 e. The number of hydrogen-bond donors (Lipinski definition) is 1. The molecule has 0 bridgehead atoms. The van der Waals surface area contributed by atoms with Crippen molar-refractivity contribution < 1.29 is 13.9 Å². The molecule has 6 heteroatoms. The fourth-order valence-corrected chi connectivity index (χ4v) is 3.17. The number of hydrogen-bond acceptors (Lipinski definition) is 3. The third-order valence-electron chi connectivity index (χ3n) is 4.53. The number of nitrogens with one attached hydrogen (secondary N) is 1. The van der Waals surface area contributed by atoms with Gasteiger partial charge in [0.1, 0.15) is 5.82 Å². The molecule has 0 saturated heterocycles. The Morgan fingerprint density at radius 3 is 2.46 bits per heavy atom. The van der Waals surface area contributed by atoms with Gasteiger partial charge < -0.3 is 10.1 Å². The number of nitrogens with zero attached hydrogens (tertiary/aromatic N) is 2. The lowest BCUT2D eigenvalue weighted by Crippen LogP contribution is -2.24. The molecule has 0 unspecified atom stereocenters. The van der Waals surface area contributed by atoms with E-state index in [9.17, 15) is 9.18 Å². The van der Waals surface area contributed by atoms with Crippen molar-refractivity contribution in [2.24, 2.45) is 0 Å². The Morgan fingerprint density at radius 2 is 1.82 bits per heavy atom. The highest BCUT2D eigenvalue weighted by molar-refractivity contribution is 5.95. The molecule has 2 aromatic carbocycles. The van der Waals surface area contributed by atoms with Gasteiger partial charge in [0.05, 0.1) is 29.7 Å². The summed E-state index contributed by atoms with van der Waals surface area (Å²) in [6.45, 7) is 4.90. The Kier molecular flexibility index (Phi) is 6.21. The van der Waals surface area contributed by atoms with E-state index in [0.29, 0.717) is 18.7 Å². The average molecular weight is 381 g/mol. The van der Waals surface area contributed by atoms with E-state index in [1.807, 2.05) is 38.1 Å². The van der Waals surface area contributed by atoms with Crippen molar-refractivity contribution in [2.45, 2.75) is 32.9 Å². The Balaban J connectivity index is 1.83. The highest BCUT2D eigenvalue weighted by atomic mass is 19.1. The van der Waals surface area contributed by atoms with E-state index in [1.54, 1.807) is 30.1 Å². The third kappa shape index (κ3) is 4.28. The van der Waals surface area contributed by atoms with Gasteiger partial charge in [0, 0.05) is 13.7 Å². The zero-order chi connectivity index (χ0) is 20.1. The summed E-state index contributed by atoms with van der Waals surface area (Å²) in [7, 11) is 1.65. The number of carbonyl (C=O) groups is 1. The predicted molar refractivity (Wildman–Crippen MR) is 106 cm³/mol. The minimum Gasteiger partial charge on any atom is -0.380 e. The van der Waals surface area contributed by atoms with Crippen LogP contribution in [0.25, 0.3) is 5.69 Å². The van der Waals surface area contributed by atoms with E-state index in [-0.39, 0.29) is 17.6 Å². The lowest BCUT2D eigenvalue weighted by atomic mass is 10.0. The smallest absolute Gasteiger partial charge is 0.255 e. The van der Waals surface area contributed by atoms with E-state index in [0.717, 1.165) is 22.5 Å². The second-order valence-corrected chi connectivity index (χ2v) is 6.87. The molecule has 5 nitrogen and oxygen atoms in total. The number of ether oxygens (including phenoxy) is 1. The number of benzene rings is 2. The standard InChI is InChI=1S/C22H24FN3O2/c1-15(2)21-20(13-25-26(21)19-10-8-18(23)9-11-19)22(27)24-12-16-6-4-5-7-17(16)14-28-3/h4-11,13,15H,12,14H2,1-3H3,(H,24,27). The van der Waals surface area contributed by atoms with Crippen LogP contribution in [0.15, 0.2) is 54.7 Å². The van der Waals surface area contributed by atoms with Gasteiger partial charge in [-0.15, -0.1) is 0 Å². The molecule has 1 N–H and O–H groups in total. The van der Waals surface area contributed by atoms with Crippen molar-refractivity contribution in [3.8, 4) is 5.69 Å². The van der Waals surface area contributed by atoms with Gasteiger partial charge in [-0.05, 0) is 41.3 Å². The average Bonchev–Trinajstić information content (AvgIpc) is 3.13. The van der Waals surface area contributed by atoms with Crippen molar-refractivity contribution in [1.29, 1.82) is 0 Å². The molecule has 0 saturated carbocycles. The molecule has 3 aromatic rings. The molecule has 1 aromatic heterocycles. The van der Waals surface area contributed by atoms with Gasteiger partial charge >= 0.3 is 0 Å². The first-order valence-corrected chi connectivity index (χ1v) is 9.19. The van der Waals surface area contributed by atoms with E-state index < -0.39 is 0 Å². The summed E-state index contributed by atoms with van der Waals surface area (Å²) in [6.07, 6.45) is 1.56. The minimum absolute atomic E-state index is 0.0640. The van der Waals surface area contributed by atoms with Crippen molar-refractivity contribution in [3.63, 3.8) is 0 Å². The lowest BCUT2D eigenvalue weighted by Gasteiger charge is -2.14. The normalized spacial score (nSPS) is 11.0. The van der Waals surface area contributed by atoms with Gasteiger partial charge in [-0.2, -0.15) is 5.10 Å². The molecule has 0 aliphatic heterocycles. The van der Waals surface area contributed by atoms with Crippen LogP contribution >= 0.6 is 0 Å². The summed E-state index contributed by atoms with van der Waals surface area (Å²) in [5.41, 5.74) is 4.07. The first kappa shape index (κ1) is 19.8.